The molecule has 0 spiro atoms. The summed E-state index contributed by atoms with van der Waals surface area (Å²) in [7, 11) is 0. The zero-order valence-electron chi connectivity index (χ0n) is 14.4. The van der Waals surface area contributed by atoms with Crippen molar-refractivity contribution in [1.29, 1.82) is 0 Å². The first-order chi connectivity index (χ1) is 11.8. The molecule has 7 heteroatoms. The van der Waals surface area contributed by atoms with Gasteiger partial charge >= 0.3 is 0 Å². The standard InChI is InChI=1S/C17H24N6O/c1-4-16-19-20-17-10-9-15(21-23(16)17)18-12-13(22(5-2)6-3)14-8-7-11-24-14/h7-11,13H,4-6,12H2,1-3H3,(H,18,21). The minimum atomic E-state index is 0.166. The predicted octanol–water partition coefficient (Wildman–Crippen LogP) is 2.77. The van der Waals surface area contributed by atoms with E-state index in [0.29, 0.717) is 0 Å². The summed E-state index contributed by atoms with van der Waals surface area (Å²) >= 11 is 0. The molecule has 3 rings (SSSR count). The Kier molecular flexibility index (Phi) is 5.10. The molecule has 7 nitrogen and oxygen atoms in total. The summed E-state index contributed by atoms with van der Waals surface area (Å²) in [5.74, 6) is 2.63. The molecule has 0 saturated heterocycles. The first-order valence-electron chi connectivity index (χ1n) is 8.49. The molecule has 0 aromatic carbocycles. The lowest BCUT2D eigenvalue weighted by Crippen LogP contribution is -2.33. The van der Waals surface area contributed by atoms with Crippen LogP contribution in [-0.2, 0) is 6.42 Å². The topological polar surface area (TPSA) is 71.5 Å². The van der Waals surface area contributed by atoms with E-state index in [0.717, 1.165) is 49.1 Å². The smallest absolute Gasteiger partial charge is 0.178 e. The number of anilines is 1. The number of rotatable bonds is 8. The van der Waals surface area contributed by atoms with Crippen LogP contribution in [0.15, 0.2) is 34.9 Å². The normalized spacial score (nSPS) is 12.8. The highest BCUT2D eigenvalue weighted by molar-refractivity contribution is 5.44. The van der Waals surface area contributed by atoms with E-state index in [1.807, 2.05) is 31.2 Å². The molecule has 0 saturated carbocycles. The third-order valence-corrected chi connectivity index (χ3v) is 4.24. The van der Waals surface area contributed by atoms with Gasteiger partial charge in [0.2, 0.25) is 0 Å². The van der Waals surface area contributed by atoms with Crippen LogP contribution in [0, 0.1) is 0 Å². The van der Waals surface area contributed by atoms with E-state index in [1.165, 1.54) is 0 Å². The van der Waals surface area contributed by atoms with Crippen molar-refractivity contribution in [3.8, 4) is 0 Å². The van der Waals surface area contributed by atoms with Crippen LogP contribution in [0.2, 0.25) is 0 Å². The maximum Gasteiger partial charge on any atom is 0.178 e. The molecule has 3 aromatic heterocycles. The van der Waals surface area contributed by atoms with Gasteiger partial charge in [-0.05, 0) is 37.4 Å². The lowest BCUT2D eigenvalue weighted by molar-refractivity contribution is 0.201. The van der Waals surface area contributed by atoms with Gasteiger partial charge in [-0.3, -0.25) is 4.90 Å². The first-order valence-corrected chi connectivity index (χ1v) is 8.49. The van der Waals surface area contributed by atoms with Gasteiger partial charge in [0, 0.05) is 13.0 Å². The Morgan fingerprint density at radius 2 is 2.00 bits per heavy atom. The zero-order chi connectivity index (χ0) is 16.9. The Labute approximate surface area is 141 Å². The van der Waals surface area contributed by atoms with Crippen molar-refractivity contribution in [1.82, 2.24) is 24.7 Å². The van der Waals surface area contributed by atoms with Crippen molar-refractivity contribution in [2.75, 3.05) is 25.0 Å². The van der Waals surface area contributed by atoms with Crippen molar-refractivity contribution in [2.45, 2.75) is 33.2 Å². The number of nitrogens with zero attached hydrogens (tertiary/aromatic N) is 5. The van der Waals surface area contributed by atoms with Gasteiger partial charge in [-0.2, -0.15) is 4.52 Å². The monoisotopic (exact) mass is 328 g/mol. The van der Waals surface area contributed by atoms with Crippen molar-refractivity contribution in [3.63, 3.8) is 0 Å². The Balaban J connectivity index is 1.79. The number of nitrogens with one attached hydrogen (secondary N) is 1. The fourth-order valence-corrected chi connectivity index (χ4v) is 2.90. The predicted molar refractivity (Wildman–Crippen MR) is 93.0 cm³/mol. The number of aromatic nitrogens is 4. The maximum atomic E-state index is 5.64. The van der Waals surface area contributed by atoms with E-state index in [9.17, 15) is 0 Å². The summed E-state index contributed by atoms with van der Waals surface area (Å²) in [5, 5.41) is 16.3. The van der Waals surface area contributed by atoms with Crippen molar-refractivity contribution < 1.29 is 4.42 Å². The number of aryl methyl sites for hydroxylation is 1. The molecule has 0 radical (unpaired) electrons. The third kappa shape index (κ3) is 3.26. The Morgan fingerprint density at radius 3 is 2.67 bits per heavy atom. The molecule has 0 aliphatic rings. The number of fused-ring (bicyclic) bond motifs is 1. The van der Waals surface area contributed by atoms with Gasteiger partial charge in [0.1, 0.15) is 11.6 Å². The highest BCUT2D eigenvalue weighted by atomic mass is 16.3. The quantitative estimate of drug-likeness (QED) is 0.685. The number of hydrogen-bond donors (Lipinski definition) is 1. The first kappa shape index (κ1) is 16.4. The average Bonchev–Trinajstić information content (AvgIpc) is 3.27. The second kappa shape index (κ2) is 7.44. The van der Waals surface area contributed by atoms with Crippen molar-refractivity contribution >= 4 is 11.5 Å². The Bertz CT molecular complexity index is 763. The second-order valence-corrected chi connectivity index (χ2v) is 5.59. The van der Waals surface area contributed by atoms with E-state index in [4.69, 9.17) is 4.42 Å². The highest BCUT2D eigenvalue weighted by Crippen LogP contribution is 2.21. The van der Waals surface area contributed by atoms with E-state index in [2.05, 4.69) is 39.4 Å². The van der Waals surface area contributed by atoms with Crippen molar-refractivity contribution in [3.05, 3.63) is 42.1 Å². The highest BCUT2D eigenvalue weighted by Gasteiger charge is 2.20. The minimum absolute atomic E-state index is 0.166. The number of furan rings is 1. The molecule has 0 bridgehead atoms. The largest absolute Gasteiger partial charge is 0.468 e. The molecule has 1 atom stereocenters. The van der Waals surface area contributed by atoms with E-state index in [-0.39, 0.29) is 6.04 Å². The number of likely N-dealkylation sites (N-methyl/N-ethyl adjacent to an activating group) is 1. The molecular weight excluding hydrogens is 304 g/mol. The van der Waals surface area contributed by atoms with Gasteiger partial charge in [0.25, 0.3) is 0 Å². The Morgan fingerprint density at radius 1 is 1.17 bits per heavy atom. The second-order valence-electron chi connectivity index (χ2n) is 5.59. The van der Waals surface area contributed by atoms with Gasteiger partial charge in [-0.25, -0.2) is 0 Å². The molecule has 0 fully saturated rings. The lowest BCUT2D eigenvalue weighted by Gasteiger charge is -2.28. The van der Waals surface area contributed by atoms with Crippen LogP contribution in [0.1, 0.15) is 38.4 Å². The maximum absolute atomic E-state index is 5.64. The fourth-order valence-electron chi connectivity index (χ4n) is 2.90. The van der Waals surface area contributed by atoms with Crippen molar-refractivity contribution in [2.24, 2.45) is 0 Å². The molecule has 3 heterocycles. The summed E-state index contributed by atoms with van der Waals surface area (Å²) in [5.41, 5.74) is 0.767. The van der Waals surface area contributed by atoms with E-state index < -0.39 is 0 Å². The average molecular weight is 328 g/mol. The van der Waals surface area contributed by atoms with Gasteiger partial charge in [0.05, 0.1) is 12.3 Å². The van der Waals surface area contributed by atoms with E-state index in [1.54, 1.807) is 10.8 Å². The van der Waals surface area contributed by atoms with Gasteiger partial charge in [0.15, 0.2) is 11.5 Å². The molecule has 1 N–H and O–H groups in total. The molecule has 0 aliphatic carbocycles. The molecule has 0 amide bonds. The minimum Gasteiger partial charge on any atom is -0.468 e. The summed E-state index contributed by atoms with van der Waals surface area (Å²) in [6.45, 7) is 9.01. The van der Waals surface area contributed by atoms with Crippen LogP contribution in [0.3, 0.4) is 0 Å². The molecule has 24 heavy (non-hydrogen) atoms. The van der Waals surface area contributed by atoms with Crippen LogP contribution in [0.5, 0.6) is 0 Å². The summed E-state index contributed by atoms with van der Waals surface area (Å²) in [6.07, 6.45) is 2.52. The van der Waals surface area contributed by atoms with Crippen LogP contribution in [0.25, 0.3) is 5.65 Å². The molecule has 3 aromatic rings. The van der Waals surface area contributed by atoms with Crippen LogP contribution >= 0.6 is 0 Å². The van der Waals surface area contributed by atoms with E-state index >= 15 is 0 Å². The van der Waals surface area contributed by atoms with Gasteiger partial charge in [-0.15, -0.1) is 15.3 Å². The SMILES string of the molecule is CCc1nnc2ccc(NCC(c3ccco3)N(CC)CC)nn12. The van der Waals surface area contributed by atoms with Crippen LogP contribution in [0.4, 0.5) is 5.82 Å². The molecule has 0 aliphatic heterocycles. The molecular formula is C17H24N6O. The summed E-state index contributed by atoms with van der Waals surface area (Å²) < 4.78 is 7.43. The van der Waals surface area contributed by atoms with Crippen LogP contribution in [-0.4, -0.2) is 44.3 Å². The molecule has 1 unspecified atom stereocenters. The number of hydrogen-bond acceptors (Lipinski definition) is 6. The summed E-state index contributed by atoms with van der Waals surface area (Å²) in [6, 6.07) is 7.99. The molecule has 128 valence electrons. The zero-order valence-corrected chi connectivity index (χ0v) is 14.4. The van der Waals surface area contributed by atoms with Crippen LogP contribution < -0.4 is 5.32 Å². The third-order valence-electron chi connectivity index (χ3n) is 4.24. The van der Waals surface area contributed by atoms with Gasteiger partial charge < -0.3 is 9.73 Å². The van der Waals surface area contributed by atoms with Gasteiger partial charge in [-0.1, -0.05) is 20.8 Å². The Hall–Kier alpha value is -2.41. The fraction of sp³-hybridized carbons (Fsp3) is 0.471. The lowest BCUT2D eigenvalue weighted by atomic mass is 10.2. The summed E-state index contributed by atoms with van der Waals surface area (Å²) in [4.78, 5) is 2.36.